The smallest absolute Gasteiger partial charge is 0.0321 e. The Labute approximate surface area is 73.7 Å². The molecule has 0 aromatic carbocycles. The summed E-state index contributed by atoms with van der Waals surface area (Å²) in [5, 5.41) is 0. The molecule has 6 fully saturated rings. The van der Waals surface area contributed by atoms with Crippen LogP contribution in [-0.2, 0) is 0 Å². The predicted octanol–water partition coefficient (Wildman–Crippen LogP) is 2.54. The van der Waals surface area contributed by atoms with E-state index >= 15 is 0 Å². The molecule has 12 heavy (non-hydrogen) atoms. The van der Waals surface area contributed by atoms with E-state index in [0.29, 0.717) is 0 Å². The van der Waals surface area contributed by atoms with Crippen LogP contribution < -0.4 is 0 Å². The minimum absolute atomic E-state index is 1.22. The van der Waals surface area contributed by atoms with Crippen LogP contribution in [0.3, 0.4) is 0 Å². The van der Waals surface area contributed by atoms with Crippen molar-refractivity contribution in [3.8, 4) is 0 Å². The van der Waals surface area contributed by atoms with Gasteiger partial charge in [0.15, 0.2) is 0 Å². The van der Waals surface area contributed by atoms with Crippen molar-refractivity contribution in [3.63, 3.8) is 0 Å². The number of hydrogen-bond donors (Lipinski definition) is 0. The molecule has 7 bridgehead atoms. The van der Waals surface area contributed by atoms with E-state index in [-0.39, 0.29) is 0 Å². The molecule has 0 heterocycles. The van der Waals surface area contributed by atoms with Crippen molar-refractivity contribution in [1.29, 1.82) is 0 Å². The molecule has 6 aliphatic carbocycles. The molecule has 0 spiro atoms. The van der Waals surface area contributed by atoms with E-state index in [1.165, 1.54) is 47.3 Å². The Morgan fingerprint density at radius 1 is 0.500 bits per heavy atom. The van der Waals surface area contributed by atoms with Crippen molar-refractivity contribution in [3.05, 3.63) is 0 Å². The zero-order chi connectivity index (χ0) is 7.45. The van der Waals surface area contributed by atoms with E-state index in [0.717, 1.165) is 0 Å². The molecule has 0 saturated heterocycles. The van der Waals surface area contributed by atoms with E-state index in [9.17, 15) is 0 Å². The number of rotatable bonds is 0. The summed E-state index contributed by atoms with van der Waals surface area (Å²) in [6.45, 7) is 0. The van der Waals surface area contributed by atoms with Crippen molar-refractivity contribution in [1.82, 2.24) is 0 Å². The molecule has 0 aromatic rings. The first-order chi connectivity index (χ1) is 5.93. The van der Waals surface area contributed by atoms with E-state index in [1.54, 1.807) is 25.7 Å². The highest BCUT2D eigenvalue weighted by molar-refractivity contribution is 5.19. The van der Waals surface area contributed by atoms with Gasteiger partial charge in [0.1, 0.15) is 0 Å². The fourth-order valence-corrected chi connectivity index (χ4v) is 6.63. The van der Waals surface area contributed by atoms with Crippen LogP contribution in [0.4, 0.5) is 0 Å². The average molecular weight is 160 g/mol. The molecule has 0 N–H and O–H groups in total. The lowest BCUT2D eigenvalue weighted by atomic mass is 9.65. The molecule has 0 radical (unpaired) electrons. The highest BCUT2D eigenvalue weighted by Crippen LogP contribution is 2.78. The Morgan fingerprint density at radius 2 is 1.08 bits per heavy atom. The quantitative estimate of drug-likeness (QED) is 0.511. The Hall–Kier alpha value is 0. The maximum Gasteiger partial charge on any atom is -0.0321 e. The first-order valence-corrected chi connectivity index (χ1v) is 5.93. The van der Waals surface area contributed by atoms with Gasteiger partial charge < -0.3 is 0 Å². The second-order valence-corrected chi connectivity index (χ2v) is 6.26. The summed E-state index contributed by atoms with van der Waals surface area (Å²) < 4.78 is 0. The lowest BCUT2D eigenvalue weighted by Crippen LogP contribution is -2.33. The van der Waals surface area contributed by atoms with Crippen LogP contribution >= 0.6 is 0 Å². The highest BCUT2D eigenvalue weighted by atomic mass is 14.8. The van der Waals surface area contributed by atoms with Gasteiger partial charge in [-0.15, -0.1) is 0 Å². The van der Waals surface area contributed by atoms with Crippen molar-refractivity contribution >= 4 is 0 Å². The molecule has 6 aliphatic rings. The summed E-state index contributed by atoms with van der Waals surface area (Å²) >= 11 is 0. The third kappa shape index (κ3) is 0.352. The molecule has 0 nitrogen and oxygen atoms in total. The van der Waals surface area contributed by atoms with Crippen molar-refractivity contribution in [2.45, 2.75) is 25.7 Å². The first kappa shape index (κ1) is 5.67. The molecule has 8 atom stereocenters. The zero-order valence-corrected chi connectivity index (χ0v) is 7.45. The summed E-state index contributed by atoms with van der Waals surface area (Å²) in [4.78, 5) is 0. The number of hydrogen-bond acceptors (Lipinski definition) is 0. The molecule has 0 aliphatic heterocycles. The maximum absolute atomic E-state index is 1.68. The van der Waals surface area contributed by atoms with Gasteiger partial charge in [-0.2, -0.15) is 0 Å². The summed E-state index contributed by atoms with van der Waals surface area (Å²) in [6, 6.07) is 0. The molecule has 64 valence electrons. The summed E-state index contributed by atoms with van der Waals surface area (Å²) in [7, 11) is 0. The standard InChI is InChI=1S/C12H16/c1-5-2-10-9-4-11-8(7(1)9)3-6(5)12(10)11/h5-12H,1-4H2. The van der Waals surface area contributed by atoms with Gasteiger partial charge in [-0.25, -0.2) is 0 Å². The lowest BCUT2D eigenvalue weighted by molar-refractivity contribution is 0.0875. The van der Waals surface area contributed by atoms with Gasteiger partial charge in [0.25, 0.3) is 0 Å². The van der Waals surface area contributed by atoms with E-state index in [2.05, 4.69) is 0 Å². The van der Waals surface area contributed by atoms with Gasteiger partial charge in [0, 0.05) is 0 Å². The largest absolute Gasteiger partial charge is 0.0468 e. The summed E-state index contributed by atoms with van der Waals surface area (Å²) in [6.07, 6.45) is 6.69. The van der Waals surface area contributed by atoms with Crippen LogP contribution in [0.15, 0.2) is 0 Å². The topological polar surface area (TPSA) is 0 Å². The Kier molecular flexibility index (Phi) is 0.663. The second kappa shape index (κ2) is 1.40. The molecule has 0 heteroatoms. The van der Waals surface area contributed by atoms with Crippen LogP contribution in [0.5, 0.6) is 0 Å². The van der Waals surface area contributed by atoms with E-state index in [1.807, 2.05) is 0 Å². The maximum atomic E-state index is 1.68. The van der Waals surface area contributed by atoms with E-state index in [4.69, 9.17) is 0 Å². The molecule has 0 amide bonds. The highest BCUT2D eigenvalue weighted by Gasteiger charge is 2.71. The average Bonchev–Trinajstić information content (AvgIpc) is 2.71. The van der Waals surface area contributed by atoms with Gasteiger partial charge in [0.2, 0.25) is 0 Å². The second-order valence-electron chi connectivity index (χ2n) is 6.26. The monoisotopic (exact) mass is 160 g/mol. The molecule has 6 saturated carbocycles. The van der Waals surface area contributed by atoms with Crippen LogP contribution in [-0.4, -0.2) is 0 Å². The van der Waals surface area contributed by atoms with Crippen LogP contribution in [0.25, 0.3) is 0 Å². The minimum Gasteiger partial charge on any atom is -0.0468 e. The first-order valence-electron chi connectivity index (χ1n) is 5.93. The fourth-order valence-electron chi connectivity index (χ4n) is 6.63. The predicted molar refractivity (Wildman–Crippen MR) is 46.4 cm³/mol. The van der Waals surface area contributed by atoms with Gasteiger partial charge in [-0.1, -0.05) is 0 Å². The Morgan fingerprint density at radius 3 is 2.00 bits per heavy atom. The van der Waals surface area contributed by atoms with Gasteiger partial charge in [-0.05, 0) is 73.0 Å². The van der Waals surface area contributed by atoms with Crippen molar-refractivity contribution in [2.75, 3.05) is 0 Å². The van der Waals surface area contributed by atoms with Crippen LogP contribution in [0, 0.1) is 47.3 Å². The molecule has 8 unspecified atom stereocenters. The van der Waals surface area contributed by atoms with Gasteiger partial charge in [0.05, 0.1) is 0 Å². The SMILES string of the molecule is C1C2CC3C4CC5C(CC2C35)C14. The van der Waals surface area contributed by atoms with Gasteiger partial charge >= 0.3 is 0 Å². The molecular weight excluding hydrogens is 144 g/mol. The summed E-state index contributed by atoms with van der Waals surface area (Å²) in [5.41, 5.74) is 0. The third-order valence-corrected chi connectivity index (χ3v) is 6.53. The normalized spacial score (nSPS) is 80.0. The van der Waals surface area contributed by atoms with E-state index < -0.39 is 0 Å². The zero-order valence-electron chi connectivity index (χ0n) is 7.45. The van der Waals surface area contributed by atoms with Crippen LogP contribution in [0.2, 0.25) is 0 Å². The lowest BCUT2D eigenvalue weighted by Gasteiger charge is -2.40. The fraction of sp³-hybridized carbons (Fsp3) is 1.00. The summed E-state index contributed by atoms with van der Waals surface area (Å²) in [5.74, 6) is 9.98. The van der Waals surface area contributed by atoms with Crippen molar-refractivity contribution < 1.29 is 0 Å². The van der Waals surface area contributed by atoms with Gasteiger partial charge in [-0.3, -0.25) is 0 Å². The minimum atomic E-state index is 1.22. The molecule has 0 aromatic heterocycles. The Balaban J connectivity index is 1.86. The third-order valence-electron chi connectivity index (χ3n) is 6.53. The van der Waals surface area contributed by atoms with Crippen molar-refractivity contribution in [2.24, 2.45) is 47.3 Å². The Bertz CT molecular complexity index is 256. The molecule has 6 rings (SSSR count). The molecular formula is C12H16. The van der Waals surface area contributed by atoms with Crippen LogP contribution in [0.1, 0.15) is 25.7 Å².